The smallest absolute Gasteiger partial charge is 0.319 e. The van der Waals surface area contributed by atoms with E-state index in [4.69, 9.17) is 5.11 Å². The molecule has 0 aromatic heterocycles. The van der Waals surface area contributed by atoms with Crippen LogP contribution < -0.4 is 10.6 Å². The molecule has 5 nitrogen and oxygen atoms in total. The number of amides is 2. The molecule has 0 spiro atoms. The molecule has 0 saturated carbocycles. The molecular formula is C14H19BrN2O3. The lowest BCUT2D eigenvalue weighted by molar-refractivity contribution is -0.137. The van der Waals surface area contributed by atoms with E-state index in [-0.39, 0.29) is 12.3 Å². The summed E-state index contributed by atoms with van der Waals surface area (Å²) in [6.07, 6.45) is -0.0946. The van der Waals surface area contributed by atoms with E-state index in [1.807, 2.05) is 26.8 Å². The van der Waals surface area contributed by atoms with Crippen molar-refractivity contribution in [2.45, 2.75) is 33.2 Å². The van der Waals surface area contributed by atoms with Gasteiger partial charge < -0.3 is 15.7 Å². The van der Waals surface area contributed by atoms with E-state index in [1.54, 1.807) is 12.1 Å². The van der Waals surface area contributed by atoms with Gasteiger partial charge in [0, 0.05) is 16.2 Å². The average molecular weight is 343 g/mol. The maximum atomic E-state index is 11.9. The molecule has 0 aliphatic heterocycles. The zero-order valence-corrected chi connectivity index (χ0v) is 13.3. The zero-order chi connectivity index (χ0) is 15.3. The molecule has 0 aliphatic rings. The van der Waals surface area contributed by atoms with E-state index < -0.39 is 18.0 Å². The van der Waals surface area contributed by atoms with Crippen molar-refractivity contribution in [2.75, 3.05) is 5.32 Å². The first-order valence-electron chi connectivity index (χ1n) is 6.35. The van der Waals surface area contributed by atoms with Gasteiger partial charge in [-0.3, -0.25) is 4.79 Å². The van der Waals surface area contributed by atoms with Crippen LogP contribution in [0.15, 0.2) is 22.7 Å². The molecule has 6 heteroatoms. The van der Waals surface area contributed by atoms with E-state index in [1.165, 1.54) is 0 Å². The quantitative estimate of drug-likeness (QED) is 0.767. The number of rotatable bonds is 5. The molecule has 0 aliphatic carbocycles. The zero-order valence-electron chi connectivity index (χ0n) is 11.7. The van der Waals surface area contributed by atoms with E-state index in [2.05, 4.69) is 26.6 Å². The second-order valence-corrected chi connectivity index (χ2v) is 5.87. The van der Waals surface area contributed by atoms with Crippen LogP contribution in [0.2, 0.25) is 0 Å². The number of benzene rings is 1. The lowest BCUT2D eigenvalue weighted by Gasteiger charge is -2.21. The fourth-order valence-corrected chi connectivity index (χ4v) is 2.03. The maximum absolute atomic E-state index is 11.9. The summed E-state index contributed by atoms with van der Waals surface area (Å²) in [5.74, 6) is -0.885. The minimum atomic E-state index is -0.929. The topological polar surface area (TPSA) is 78.4 Å². The molecular weight excluding hydrogens is 324 g/mol. The van der Waals surface area contributed by atoms with E-state index in [0.29, 0.717) is 5.69 Å². The molecule has 0 heterocycles. The Balaban J connectivity index is 2.65. The van der Waals surface area contributed by atoms with Crippen molar-refractivity contribution in [2.24, 2.45) is 5.92 Å². The van der Waals surface area contributed by atoms with Crippen LogP contribution in [0, 0.1) is 12.8 Å². The largest absolute Gasteiger partial charge is 0.481 e. The minimum Gasteiger partial charge on any atom is -0.481 e. The number of halogens is 1. The highest BCUT2D eigenvalue weighted by Gasteiger charge is 2.19. The third kappa shape index (κ3) is 5.21. The highest BCUT2D eigenvalue weighted by atomic mass is 79.9. The van der Waals surface area contributed by atoms with Gasteiger partial charge in [0.2, 0.25) is 0 Å². The van der Waals surface area contributed by atoms with Gasteiger partial charge in [0.25, 0.3) is 0 Å². The molecule has 1 rings (SSSR count). The Kier molecular flexibility index (Phi) is 6.01. The summed E-state index contributed by atoms with van der Waals surface area (Å²) in [4.78, 5) is 22.6. The number of carbonyl (C=O) groups is 2. The van der Waals surface area contributed by atoms with Gasteiger partial charge in [-0.15, -0.1) is 0 Å². The molecule has 0 saturated heterocycles. The summed E-state index contributed by atoms with van der Waals surface area (Å²) in [7, 11) is 0. The van der Waals surface area contributed by atoms with Crippen LogP contribution in [0.5, 0.6) is 0 Å². The number of anilines is 1. The Hall–Kier alpha value is -1.56. The van der Waals surface area contributed by atoms with Gasteiger partial charge >= 0.3 is 12.0 Å². The molecule has 0 bridgehead atoms. The maximum Gasteiger partial charge on any atom is 0.319 e. The van der Waals surface area contributed by atoms with Crippen molar-refractivity contribution >= 4 is 33.6 Å². The number of urea groups is 1. The van der Waals surface area contributed by atoms with E-state index >= 15 is 0 Å². The number of nitrogens with one attached hydrogen (secondary N) is 2. The van der Waals surface area contributed by atoms with Crippen LogP contribution in [0.4, 0.5) is 10.5 Å². The Morgan fingerprint density at radius 3 is 2.50 bits per heavy atom. The number of carboxylic acid groups (broad SMARTS) is 1. The summed E-state index contributed by atoms with van der Waals surface area (Å²) in [6, 6.07) is 4.68. The van der Waals surface area contributed by atoms with Gasteiger partial charge in [0.15, 0.2) is 0 Å². The molecule has 1 aromatic rings. The summed E-state index contributed by atoms with van der Waals surface area (Å²) in [6.45, 7) is 5.70. The summed E-state index contributed by atoms with van der Waals surface area (Å²) in [5, 5.41) is 14.2. The van der Waals surface area contributed by atoms with Crippen molar-refractivity contribution in [3.8, 4) is 0 Å². The minimum absolute atomic E-state index is 0.0432. The molecule has 2 amide bonds. The first kappa shape index (κ1) is 16.5. The molecule has 1 aromatic carbocycles. The summed E-state index contributed by atoms with van der Waals surface area (Å²) in [5.41, 5.74) is 1.72. The fourth-order valence-electron chi connectivity index (χ4n) is 1.65. The van der Waals surface area contributed by atoms with E-state index in [9.17, 15) is 9.59 Å². The Labute approximate surface area is 126 Å². The van der Waals surface area contributed by atoms with Crippen molar-refractivity contribution < 1.29 is 14.7 Å². The molecule has 0 fully saturated rings. The van der Waals surface area contributed by atoms with Crippen molar-refractivity contribution in [3.05, 3.63) is 28.2 Å². The Morgan fingerprint density at radius 1 is 1.35 bits per heavy atom. The van der Waals surface area contributed by atoms with Crippen LogP contribution in [-0.2, 0) is 4.79 Å². The lowest BCUT2D eigenvalue weighted by atomic mass is 10.0. The van der Waals surface area contributed by atoms with Crippen LogP contribution in [0.3, 0.4) is 0 Å². The molecule has 110 valence electrons. The first-order valence-corrected chi connectivity index (χ1v) is 7.14. The van der Waals surface area contributed by atoms with Crippen LogP contribution in [0.25, 0.3) is 0 Å². The standard InChI is InChI=1S/C14H19BrN2O3/c1-8(2)12(7-13(18)19)17-14(20)16-10-5-4-9(3)11(15)6-10/h4-6,8,12H,7H2,1-3H3,(H,18,19)(H2,16,17,20). The van der Waals surface area contributed by atoms with Gasteiger partial charge in [-0.05, 0) is 30.5 Å². The predicted octanol–water partition coefficient (Wildman–Crippen LogP) is 3.38. The lowest BCUT2D eigenvalue weighted by Crippen LogP contribution is -2.42. The normalized spacial score (nSPS) is 12.1. The second-order valence-electron chi connectivity index (χ2n) is 5.01. The number of carboxylic acids is 1. The van der Waals surface area contributed by atoms with Gasteiger partial charge in [-0.1, -0.05) is 35.8 Å². The Morgan fingerprint density at radius 2 is 2.00 bits per heavy atom. The third-order valence-electron chi connectivity index (χ3n) is 2.95. The van der Waals surface area contributed by atoms with Crippen molar-refractivity contribution in [1.82, 2.24) is 5.32 Å². The van der Waals surface area contributed by atoms with Gasteiger partial charge in [-0.2, -0.15) is 0 Å². The van der Waals surface area contributed by atoms with Crippen LogP contribution in [0.1, 0.15) is 25.8 Å². The number of carbonyl (C=O) groups excluding carboxylic acids is 1. The number of hydrogen-bond donors (Lipinski definition) is 3. The van der Waals surface area contributed by atoms with Crippen molar-refractivity contribution in [1.29, 1.82) is 0 Å². The molecule has 20 heavy (non-hydrogen) atoms. The van der Waals surface area contributed by atoms with Gasteiger partial charge in [0.05, 0.1) is 6.42 Å². The van der Waals surface area contributed by atoms with Crippen LogP contribution in [-0.4, -0.2) is 23.1 Å². The highest BCUT2D eigenvalue weighted by molar-refractivity contribution is 9.10. The molecule has 3 N–H and O–H groups in total. The number of aliphatic carboxylic acids is 1. The third-order valence-corrected chi connectivity index (χ3v) is 3.80. The molecule has 1 atom stereocenters. The molecule has 0 radical (unpaired) electrons. The second kappa shape index (κ2) is 7.28. The Bertz CT molecular complexity index is 503. The monoisotopic (exact) mass is 342 g/mol. The highest BCUT2D eigenvalue weighted by Crippen LogP contribution is 2.20. The van der Waals surface area contributed by atoms with Crippen molar-refractivity contribution in [3.63, 3.8) is 0 Å². The van der Waals surface area contributed by atoms with E-state index in [0.717, 1.165) is 10.0 Å². The summed E-state index contributed by atoms with van der Waals surface area (Å²) >= 11 is 3.39. The van der Waals surface area contributed by atoms with Crippen LogP contribution >= 0.6 is 15.9 Å². The number of hydrogen-bond acceptors (Lipinski definition) is 2. The van der Waals surface area contributed by atoms with Gasteiger partial charge in [0.1, 0.15) is 0 Å². The first-order chi connectivity index (χ1) is 9.29. The molecule has 1 unspecified atom stereocenters. The SMILES string of the molecule is Cc1ccc(NC(=O)NC(CC(=O)O)C(C)C)cc1Br. The predicted molar refractivity (Wildman–Crippen MR) is 81.9 cm³/mol. The van der Waals surface area contributed by atoms with Gasteiger partial charge in [-0.25, -0.2) is 4.79 Å². The fraction of sp³-hybridized carbons (Fsp3) is 0.429. The summed E-state index contributed by atoms with van der Waals surface area (Å²) < 4.78 is 0.904. The number of aryl methyl sites for hydroxylation is 1. The average Bonchev–Trinajstić information content (AvgIpc) is 2.32.